The summed E-state index contributed by atoms with van der Waals surface area (Å²) in [5.41, 5.74) is 3.16. The standard InChI is InChI=1S/C26H26O4/c27-26(28)15-9-3-4-10-21-16-17-24(29-19-22-11-5-1-6-12-22)25(18-21)30-20-23-13-7-2-8-14-23/h1-2,4-8,10-14,16-18H,3,9,15,19-20H2,(H,27,28)/b10-4+. The molecule has 3 aromatic carbocycles. The van der Waals surface area contributed by atoms with Crippen LogP contribution >= 0.6 is 0 Å². The normalized spacial score (nSPS) is 10.8. The summed E-state index contributed by atoms with van der Waals surface area (Å²) in [5.74, 6) is 0.611. The molecule has 4 heteroatoms. The molecule has 0 fully saturated rings. The lowest BCUT2D eigenvalue weighted by atomic mass is 10.1. The Morgan fingerprint density at radius 3 is 2.00 bits per heavy atom. The smallest absolute Gasteiger partial charge is 0.303 e. The summed E-state index contributed by atoms with van der Waals surface area (Å²) in [6.07, 6.45) is 5.50. The van der Waals surface area contributed by atoms with Crippen LogP contribution in [0.1, 0.15) is 36.0 Å². The molecule has 0 unspecified atom stereocenters. The summed E-state index contributed by atoms with van der Waals surface area (Å²) >= 11 is 0. The van der Waals surface area contributed by atoms with Crippen molar-refractivity contribution in [2.75, 3.05) is 0 Å². The van der Waals surface area contributed by atoms with E-state index in [1.165, 1.54) is 0 Å². The molecule has 154 valence electrons. The number of hydrogen-bond donors (Lipinski definition) is 1. The highest BCUT2D eigenvalue weighted by molar-refractivity contribution is 5.66. The molecule has 0 saturated heterocycles. The number of carboxylic acids is 1. The molecule has 30 heavy (non-hydrogen) atoms. The van der Waals surface area contributed by atoms with Gasteiger partial charge in [-0.2, -0.15) is 0 Å². The van der Waals surface area contributed by atoms with E-state index in [0.29, 0.717) is 31.1 Å². The van der Waals surface area contributed by atoms with Gasteiger partial charge >= 0.3 is 5.97 Å². The number of rotatable bonds is 11. The van der Waals surface area contributed by atoms with Crippen LogP contribution in [-0.2, 0) is 18.0 Å². The number of ether oxygens (including phenoxy) is 2. The fraction of sp³-hybridized carbons (Fsp3) is 0.192. The molecule has 0 amide bonds. The summed E-state index contributed by atoms with van der Waals surface area (Å²) in [5, 5.41) is 8.73. The van der Waals surface area contributed by atoms with Gasteiger partial charge in [0.25, 0.3) is 0 Å². The van der Waals surface area contributed by atoms with Crippen LogP contribution in [0.15, 0.2) is 84.9 Å². The largest absolute Gasteiger partial charge is 0.485 e. The van der Waals surface area contributed by atoms with E-state index in [2.05, 4.69) is 0 Å². The Morgan fingerprint density at radius 2 is 1.40 bits per heavy atom. The highest BCUT2D eigenvalue weighted by atomic mass is 16.5. The molecule has 0 aliphatic heterocycles. The second kappa shape index (κ2) is 11.5. The van der Waals surface area contributed by atoms with Crippen molar-refractivity contribution in [3.05, 3.63) is 102 Å². The van der Waals surface area contributed by atoms with Gasteiger partial charge in [-0.25, -0.2) is 0 Å². The molecule has 0 spiro atoms. The lowest BCUT2D eigenvalue weighted by Gasteiger charge is -2.14. The Bertz CT molecular complexity index is 949. The van der Waals surface area contributed by atoms with Crippen LogP contribution in [0.25, 0.3) is 6.08 Å². The number of aliphatic carboxylic acids is 1. The van der Waals surface area contributed by atoms with Crippen molar-refractivity contribution in [1.29, 1.82) is 0 Å². The fourth-order valence-electron chi connectivity index (χ4n) is 2.92. The SMILES string of the molecule is O=C(O)CCC/C=C/c1ccc(OCc2ccccc2)c(OCc2ccccc2)c1. The first kappa shape index (κ1) is 21.2. The molecular formula is C26H26O4. The number of benzene rings is 3. The molecule has 1 N–H and O–H groups in total. The minimum atomic E-state index is -0.764. The zero-order valence-electron chi connectivity index (χ0n) is 16.9. The maximum atomic E-state index is 10.6. The maximum absolute atomic E-state index is 10.6. The Kier molecular flexibility index (Phi) is 8.10. The Morgan fingerprint density at radius 1 is 0.800 bits per heavy atom. The molecule has 0 saturated carbocycles. The van der Waals surface area contributed by atoms with Gasteiger partial charge in [-0.3, -0.25) is 4.79 Å². The van der Waals surface area contributed by atoms with E-state index in [1.54, 1.807) is 0 Å². The van der Waals surface area contributed by atoms with Crippen molar-refractivity contribution in [2.24, 2.45) is 0 Å². The monoisotopic (exact) mass is 402 g/mol. The van der Waals surface area contributed by atoms with Crippen molar-refractivity contribution in [3.63, 3.8) is 0 Å². The molecule has 0 aliphatic rings. The predicted molar refractivity (Wildman–Crippen MR) is 119 cm³/mol. The number of unbranched alkanes of at least 4 members (excludes halogenated alkanes) is 1. The lowest BCUT2D eigenvalue weighted by Crippen LogP contribution is -2.01. The Labute approximate surface area is 177 Å². The van der Waals surface area contributed by atoms with Crippen molar-refractivity contribution in [3.8, 4) is 11.5 Å². The predicted octanol–water partition coefficient (Wildman–Crippen LogP) is 6.11. The van der Waals surface area contributed by atoms with E-state index in [9.17, 15) is 4.79 Å². The van der Waals surface area contributed by atoms with Crippen LogP contribution < -0.4 is 9.47 Å². The quantitative estimate of drug-likeness (QED) is 0.393. The van der Waals surface area contributed by atoms with E-state index in [-0.39, 0.29) is 6.42 Å². The molecule has 0 atom stereocenters. The lowest BCUT2D eigenvalue weighted by molar-refractivity contribution is -0.137. The molecule has 3 rings (SSSR count). The maximum Gasteiger partial charge on any atom is 0.303 e. The van der Waals surface area contributed by atoms with Gasteiger partial charge in [0.15, 0.2) is 11.5 Å². The van der Waals surface area contributed by atoms with Gasteiger partial charge in [0.2, 0.25) is 0 Å². The minimum absolute atomic E-state index is 0.183. The van der Waals surface area contributed by atoms with Crippen molar-refractivity contribution in [2.45, 2.75) is 32.5 Å². The molecule has 4 nitrogen and oxygen atoms in total. The third-order valence-electron chi connectivity index (χ3n) is 4.51. The second-order valence-electron chi connectivity index (χ2n) is 6.94. The van der Waals surface area contributed by atoms with Crippen LogP contribution in [0.4, 0.5) is 0 Å². The molecule has 0 aliphatic carbocycles. The first-order valence-electron chi connectivity index (χ1n) is 10.1. The average molecular weight is 402 g/mol. The van der Waals surface area contributed by atoms with Gasteiger partial charge in [0.05, 0.1) is 0 Å². The van der Waals surface area contributed by atoms with Crippen molar-refractivity contribution in [1.82, 2.24) is 0 Å². The number of allylic oxidation sites excluding steroid dienone is 1. The highest BCUT2D eigenvalue weighted by Gasteiger charge is 2.07. The summed E-state index contributed by atoms with van der Waals surface area (Å²) in [4.78, 5) is 10.6. The Balaban J connectivity index is 1.69. The summed E-state index contributed by atoms with van der Waals surface area (Å²) < 4.78 is 12.1. The number of carbonyl (C=O) groups is 1. The summed E-state index contributed by atoms with van der Waals surface area (Å²) in [6, 6.07) is 25.9. The molecule has 3 aromatic rings. The number of carboxylic acid groups (broad SMARTS) is 1. The van der Waals surface area contributed by atoms with Gasteiger partial charge in [-0.1, -0.05) is 78.9 Å². The van der Waals surface area contributed by atoms with Gasteiger partial charge in [0.1, 0.15) is 13.2 Å². The van der Waals surface area contributed by atoms with Crippen LogP contribution in [0.2, 0.25) is 0 Å². The zero-order valence-corrected chi connectivity index (χ0v) is 16.9. The molecular weight excluding hydrogens is 376 g/mol. The van der Waals surface area contributed by atoms with Gasteiger partial charge in [-0.05, 0) is 41.7 Å². The van der Waals surface area contributed by atoms with Gasteiger partial charge in [-0.15, -0.1) is 0 Å². The van der Waals surface area contributed by atoms with E-state index < -0.39 is 5.97 Å². The highest BCUT2D eigenvalue weighted by Crippen LogP contribution is 2.30. The van der Waals surface area contributed by atoms with Crippen LogP contribution in [-0.4, -0.2) is 11.1 Å². The Hall–Kier alpha value is -3.53. The van der Waals surface area contributed by atoms with Crippen LogP contribution in [0.3, 0.4) is 0 Å². The number of hydrogen-bond acceptors (Lipinski definition) is 3. The third kappa shape index (κ3) is 7.13. The van der Waals surface area contributed by atoms with E-state index >= 15 is 0 Å². The minimum Gasteiger partial charge on any atom is -0.485 e. The molecule has 0 heterocycles. The zero-order chi connectivity index (χ0) is 21.0. The molecule has 0 radical (unpaired) electrons. The van der Waals surface area contributed by atoms with Gasteiger partial charge in [0, 0.05) is 6.42 Å². The summed E-state index contributed by atoms with van der Waals surface area (Å²) in [6.45, 7) is 0.918. The molecule has 0 aromatic heterocycles. The molecule has 0 bridgehead atoms. The van der Waals surface area contributed by atoms with E-state index in [1.807, 2.05) is 91.0 Å². The van der Waals surface area contributed by atoms with E-state index in [0.717, 1.165) is 23.1 Å². The first-order valence-corrected chi connectivity index (χ1v) is 10.1. The second-order valence-corrected chi connectivity index (χ2v) is 6.94. The third-order valence-corrected chi connectivity index (χ3v) is 4.51. The first-order chi connectivity index (χ1) is 14.7. The van der Waals surface area contributed by atoms with Crippen molar-refractivity contribution < 1.29 is 19.4 Å². The van der Waals surface area contributed by atoms with E-state index in [4.69, 9.17) is 14.6 Å². The van der Waals surface area contributed by atoms with Crippen LogP contribution in [0.5, 0.6) is 11.5 Å². The topological polar surface area (TPSA) is 55.8 Å². The average Bonchev–Trinajstić information content (AvgIpc) is 2.78. The van der Waals surface area contributed by atoms with Gasteiger partial charge < -0.3 is 14.6 Å². The van der Waals surface area contributed by atoms with Crippen molar-refractivity contribution >= 4 is 12.0 Å². The van der Waals surface area contributed by atoms with Crippen LogP contribution in [0, 0.1) is 0 Å². The fourth-order valence-corrected chi connectivity index (χ4v) is 2.92. The summed E-state index contributed by atoms with van der Waals surface area (Å²) in [7, 11) is 0.